The highest BCUT2D eigenvalue weighted by atomic mass is 16.5. The average molecular weight is 255 g/mol. The SMILES string of the molecule is O=C(OCc1ccc2ccccc2c1)[C@@H]1CCCN1. The molecule has 0 aromatic heterocycles. The first-order valence-corrected chi connectivity index (χ1v) is 6.71. The van der Waals surface area contributed by atoms with E-state index in [0.717, 1.165) is 24.9 Å². The molecule has 19 heavy (non-hydrogen) atoms. The maximum Gasteiger partial charge on any atom is 0.323 e. The van der Waals surface area contributed by atoms with Gasteiger partial charge in [-0.25, -0.2) is 0 Å². The Morgan fingerprint density at radius 3 is 2.84 bits per heavy atom. The smallest absolute Gasteiger partial charge is 0.323 e. The van der Waals surface area contributed by atoms with Crippen molar-refractivity contribution in [2.45, 2.75) is 25.5 Å². The van der Waals surface area contributed by atoms with Gasteiger partial charge in [-0.1, -0.05) is 36.4 Å². The van der Waals surface area contributed by atoms with Crippen LogP contribution >= 0.6 is 0 Å². The number of carbonyl (C=O) groups excluding carboxylic acids is 1. The second kappa shape index (κ2) is 5.41. The van der Waals surface area contributed by atoms with Gasteiger partial charge in [-0.05, 0) is 41.8 Å². The molecule has 2 aromatic carbocycles. The third-order valence-corrected chi connectivity index (χ3v) is 3.54. The van der Waals surface area contributed by atoms with E-state index in [1.165, 1.54) is 10.8 Å². The molecular weight excluding hydrogens is 238 g/mol. The number of ether oxygens (including phenoxy) is 1. The quantitative estimate of drug-likeness (QED) is 0.857. The van der Waals surface area contributed by atoms with Crippen molar-refractivity contribution in [2.75, 3.05) is 6.54 Å². The summed E-state index contributed by atoms with van der Waals surface area (Å²) < 4.78 is 5.36. The summed E-state index contributed by atoms with van der Waals surface area (Å²) in [6.07, 6.45) is 1.94. The zero-order chi connectivity index (χ0) is 13.1. The Hall–Kier alpha value is -1.87. The van der Waals surface area contributed by atoms with E-state index < -0.39 is 0 Å². The van der Waals surface area contributed by atoms with Gasteiger partial charge in [0.2, 0.25) is 0 Å². The van der Waals surface area contributed by atoms with Crippen LogP contribution in [0.25, 0.3) is 10.8 Å². The molecule has 3 rings (SSSR count). The lowest BCUT2D eigenvalue weighted by Crippen LogP contribution is -2.32. The van der Waals surface area contributed by atoms with Gasteiger partial charge in [0.1, 0.15) is 12.6 Å². The highest BCUT2D eigenvalue weighted by Gasteiger charge is 2.23. The number of rotatable bonds is 3. The van der Waals surface area contributed by atoms with Crippen molar-refractivity contribution in [2.24, 2.45) is 0 Å². The van der Waals surface area contributed by atoms with Crippen LogP contribution in [-0.2, 0) is 16.1 Å². The lowest BCUT2D eigenvalue weighted by atomic mass is 10.1. The van der Waals surface area contributed by atoms with Crippen molar-refractivity contribution in [3.63, 3.8) is 0 Å². The summed E-state index contributed by atoms with van der Waals surface area (Å²) in [5, 5.41) is 5.53. The van der Waals surface area contributed by atoms with Gasteiger partial charge < -0.3 is 10.1 Å². The van der Waals surface area contributed by atoms with E-state index in [0.29, 0.717) is 6.61 Å². The molecule has 0 spiro atoms. The fourth-order valence-electron chi connectivity index (χ4n) is 2.47. The Bertz CT molecular complexity index is 588. The maximum atomic E-state index is 11.8. The lowest BCUT2D eigenvalue weighted by molar-refractivity contribution is -0.147. The van der Waals surface area contributed by atoms with E-state index in [-0.39, 0.29) is 12.0 Å². The van der Waals surface area contributed by atoms with Gasteiger partial charge in [-0.3, -0.25) is 4.79 Å². The highest BCUT2D eigenvalue weighted by molar-refractivity contribution is 5.83. The van der Waals surface area contributed by atoms with E-state index in [1.54, 1.807) is 0 Å². The number of benzene rings is 2. The first-order valence-electron chi connectivity index (χ1n) is 6.71. The minimum Gasteiger partial charge on any atom is -0.460 e. The zero-order valence-corrected chi connectivity index (χ0v) is 10.8. The van der Waals surface area contributed by atoms with Crippen LogP contribution in [0.4, 0.5) is 0 Å². The Labute approximate surface area is 112 Å². The molecule has 2 aromatic rings. The van der Waals surface area contributed by atoms with Crippen LogP contribution in [0.3, 0.4) is 0 Å². The van der Waals surface area contributed by atoms with E-state index in [1.807, 2.05) is 18.2 Å². The molecule has 0 unspecified atom stereocenters. The van der Waals surface area contributed by atoms with Gasteiger partial charge in [0, 0.05) is 0 Å². The molecule has 1 fully saturated rings. The van der Waals surface area contributed by atoms with Crippen molar-refractivity contribution in [1.29, 1.82) is 0 Å². The second-order valence-electron chi connectivity index (χ2n) is 4.94. The van der Waals surface area contributed by atoms with Crippen molar-refractivity contribution in [1.82, 2.24) is 5.32 Å². The second-order valence-corrected chi connectivity index (χ2v) is 4.94. The van der Waals surface area contributed by atoms with Crippen LogP contribution in [0.2, 0.25) is 0 Å². The third kappa shape index (κ3) is 2.76. The first kappa shape index (κ1) is 12.2. The van der Waals surface area contributed by atoms with E-state index in [2.05, 4.69) is 29.6 Å². The summed E-state index contributed by atoms with van der Waals surface area (Å²) in [6.45, 7) is 1.26. The standard InChI is InChI=1S/C16H17NO2/c18-16(15-6-3-9-17-15)19-11-12-7-8-13-4-1-2-5-14(13)10-12/h1-2,4-5,7-8,10,15,17H,3,6,9,11H2/t15-/m0/s1. The molecule has 98 valence electrons. The van der Waals surface area contributed by atoms with Crippen LogP contribution in [0, 0.1) is 0 Å². The van der Waals surface area contributed by atoms with Crippen LogP contribution in [0.1, 0.15) is 18.4 Å². The Morgan fingerprint density at radius 1 is 1.21 bits per heavy atom. The summed E-state index contributed by atoms with van der Waals surface area (Å²) >= 11 is 0. The minimum absolute atomic E-state index is 0.111. The Kier molecular flexibility index (Phi) is 3.47. The van der Waals surface area contributed by atoms with Gasteiger partial charge in [0.25, 0.3) is 0 Å². The van der Waals surface area contributed by atoms with Crippen LogP contribution in [-0.4, -0.2) is 18.6 Å². The number of carbonyl (C=O) groups is 1. The Morgan fingerprint density at radius 2 is 2.05 bits per heavy atom. The fraction of sp³-hybridized carbons (Fsp3) is 0.312. The molecule has 3 heteroatoms. The maximum absolute atomic E-state index is 11.8. The molecule has 1 aliphatic heterocycles. The molecule has 0 bridgehead atoms. The number of hydrogen-bond donors (Lipinski definition) is 1. The molecule has 0 aliphatic carbocycles. The normalized spacial score (nSPS) is 18.6. The predicted octanol–water partition coefficient (Wildman–Crippen LogP) is 2.63. The topological polar surface area (TPSA) is 38.3 Å². The van der Waals surface area contributed by atoms with Crippen LogP contribution in [0.15, 0.2) is 42.5 Å². The average Bonchev–Trinajstić information content (AvgIpc) is 2.99. The third-order valence-electron chi connectivity index (χ3n) is 3.54. The van der Waals surface area contributed by atoms with E-state index >= 15 is 0 Å². The van der Waals surface area contributed by atoms with Gasteiger partial charge in [-0.2, -0.15) is 0 Å². The summed E-state index contributed by atoms with van der Waals surface area (Å²) in [4.78, 5) is 11.8. The van der Waals surface area contributed by atoms with Gasteiger partial charge in [-0.15, -0.1) is 0 Å². The molecule has 1 aliphatic rings. The predicted molar refractivity (Wildman–Crippen MR) is 74.8 cm³/mol. The molecule has 1 saturated heterocycles. The monoisotopic (exact) mass is 255 g/mol. The van der Waals surface area contributed by atoms with E-state index in [4.69, 9.17) is 4.74 Å². The van der Waals surface area contributed by atoms with Crippen LogP contribution in [0.5, 0.6) is 0 Å². The molecular formula is C16H17NO2. The molecule has 0 amide bonds. The summed E-state index contributed by atoms with van der Waals surface area (Å²) in [5.41, 5.74) is 1.03. The van der Waals surface area contributed by atoms with Crippen molar-refractivity contribution in [3.05, 3.63) is 48.0 Å². The number of fused-ring (bicyclic) bond motifs is 1. The first-order chi connectivity index (χ1) is 9.33. The van der Waals surface area contributed by atoms with Crippen LogP contribution < -0.4 is 5.32 Å². The van der Waals surface area contributed by atoms with Gasteiger partial charge in [0.15, 0.2) is 0 Å². The summed E-state index contributed by atoms with van der Waals surface area (Å²) in [5.74, 6) is -0.134. The largest absolute Gasteiger partial charge is 0.460 e. The number of esters is 1. The molecule has 1 heterocycles. The molecule has 0 radical (unpaired) electrons. The van der Waals surface area contributed by atoms with Gasteiger partial charge >= 0.3 is 5.97 Å². The van der Waals surface area contributed by atoms with Crippen molar-refractivity contribution < 1.29 is 9.53 Å². The zero-order valence-electron chi connectivity index (χ0n) is 10.8. The number of hydrogen-bond acceptors (Lipinski definition) is 3. The molecule has 1 atom stereocenters. The molecule has 0 saturated carbocycles. The highest BCUT2D eigenvalue weighted by Crippen LogP contribution is 2.16. The fourth-order valence-corrected chi connectivity index (χ4v) is 2.47. The summed E-state index contributed by atoms with van der Waals surface area (Å²) in [7, 11) is 0. The van der Waals surface area contributed by atoms with Crippen molar-refractivity contribution >= 4 is 16.7 Å². The van der Waals surface area contributed by atoms with Gasteiger partial charge in [0.05, 0.1) is 0 Å². The Balaban J connectivity index is 1.66. The minimum atomic E-state index is -0.134. The van der Waals surface area contributed by atoms with E-state index in [9.17, 15) is 4.79 Å². The lowest BCUT2D eigenvalue weighted by Gasteiger charge is -2.10. The summed E-state index contributed by atoms with van der Waals surface area (Å²) in [6, 6.07) is 14.2. The molecule has 3 nitrogen and oxygen atoms in total. The number of nitrogens with one attached hydrogen (secondary N) is 1. The van der Waals surface area contributed by atoms with Crippen molar-refractivity contribution in [3.8, 4) is 0 Å². The molecule has 1 N–H and O–H groups in total.